The molecule has 0 radical (unpaired) electrons. The molecule has 0 aliphatic rings. The van der Waals surface area contributed by atoms with Gasteiger partial charge >= 0.3 is 0 Å². The summed E-state index contributed by atoms with van der Waals surface area (Å²) in [6.45, 7) is 1.36. The van der Waals surface area contributed by atoms with Gasteiger partial charge in [-0.05, 0) is 13.0 Å². The van der Waals surface area contributed by atoms with E-state index in [1.54, 1.807) is 11.6 Å². The van der Waals surface area contributed by atoms with Crippen LogP contribution >= 0.6 is 11.3 Å². The molecule has 60 valence electrons. The van der Waals surface area contributed by atoms with Gasteiger partial charge in [-0.1, -0.05) is 0 Å². The van der Waals surface area contributed by atoms with E-state index in [0.717, 1.165) is 0 Å². The van der Waals surface area contributed by atoms with Gasteiger partial charge in [-0.15, -0.1) is 11.3 Å². The molecule has 0 N–H and O–H groups in total. The maximum Gasteiger partial charge on any atom is 0.170 e. The second kappa shape index (κ2) is 3.79. The average Bonchev–Trinajstić information content (AvgIpc) is 2.51. The second-order valence-corrected chi connectivity index (χ2v) is 3.02. The summed E-state index contributed by atoms with van der Waals surface area (Å²) in [4.78, 5) is 14.7. The van der Waals surface area contributed by atoms with Crippen molar-refractivity contribution in [2.45, 2.75) is 6.92 Å². The Morgan fingerprint density at radius 2 is 2.58 bits per heavy atom. The van der Waals surface area contributed by atoms with Gasteiger partial charge in [0.05, 0.1) is 5.57 Å². The molecule has 1 aromatic rings. The normalized spacial score (nSPS) is 10.8. The Balaban J connectivity index is 2.95. The number of allylic oxidation sites excluding steroid dienone is 1. The van der Waals surface area contributed by atoms with Crippen molar-refractivity contribution in [1.82, 2.24) is 4.98 Å². The van der Waals surface area contributed by atoms with Gasteiger partial charge in [0.2, 0.25) is 0 Å². The maximum atomic E-state index is 10.8. The molecule has 0 unspecified atom stereocenters. The highest BCUT2D eigenvalue weighted by molar-refractivity contribution is 7.10. The van der Waals surface area contributed by atoms with E-state index in [0.29, 0.717) is 5.01 Å². The second-order valence-electron chi connectivity index (χ2n) is 2.10. The number of thiazole rings is 1. The zero-order chi connectivity index (χ0) is 8.97. The highest BCUT2D eigenvalue weighted by atomic mass is 32.1. The van der Waals surface area contributed by atoms with Gasteiger partial charge in [-0.3, -0.25) is 4.79 Å². The van der Waals surface area contributed by atoms with E-state index in [-0.39, 0.29) is 11.4 Å². The average molecular weight is 178 g/mol. The molecule has 12 heavy (non-hydrogen) atoms. The third-order valence-electron chi connectivity index (χ3n) is 1.22. The minimum absolute atomic E-state index is 0.143. The van der Waals surface area contributed by atoms with Gasteiger partial charge in [0.1, 0.15) is 11.1 Å². The number of carbonyl (C=O) groups is 1. The number of carbonyl (C=O) groups excluding carboxylic acids is 1. The SMILES string of the molecule is CC(=O)/C(C#N)=C/c1nccs1. The Morgan fingerprint density at radius 1 is 1.83 bits per heavy atom. The van der Waals surface area contributed by atoms with E-state index in [1.165, 1.54) is 24.3 Å². The van der Waals surface area contributed by atoms with Crippen LogP contribution in [0.4, 0.5) is 0 Å². The van der Waals surface area contributed by atoms with Crippen molar-refractivity contribution in [1.29, 1.82) is 5.26 Å². The minimum Gasteiger partial charge on any atom is -0.294 e. The van der Waals surface area contributed by atoms with Crippen molar-refractivity contribution in [3.8, 4) is 6.07 Å². The van der Waals surface area contributed by atoms with Crippen LogP contribution in [0.15, 0.2) is 17.2 Å². The van der Waals surface area contributed by atoms with Crippen molar-refractivity contribution in [3.05, 3.63) is 22.2 Å². The smallest absolute Gasteiger partial charge is 0.170 e. The van der Waals surface area contributed by atoms with Crippen LogP contribution in [-0.4, -0.2) is 10.8 Å². The molecule has 0 saturated heterocycles. The minimum atomic E-state index is -0.229. The maximum absolute atomic E-state index is 10.8. The van der Waals surface area contributed by atoms with Gasteiger partial charge in [-0.25, -0.2) is 4.98 Å². The molecule has 3 nitrogen and oxygen atoms in total. The topological polar surface area (TPSA) is 53.8 Å². The molecule has 0 aliphatic heterocycles. The third kappa shape index (κ3) is 2.01. The third-order valence-corrected chi connectivity index (χ3v) is 1.94. The molecular weight excluding hydrogens is 172 g/mol. The molecule has 0 fully saturated rings. The van der Waals surface area contributed by atoms with Crippen molar-refractivity contribution in [3.63, 3.8) is 0 Å². The van der Waals surface area contributed by atoms with Gasteiger partial charge in [0, 0.05) is 11.6 Å². The molecule has 0 aliphatic carbocycles. The van der Waals surface area contributed by atoms with E-state index in [9.17, 15) is 4.79 Å². The number of nitriles is 1. The first-order chi connectivity index (χ1) is 5.74. The van der Waals surface area contributed by atoms with E-state index < -0.39 is 0 Å². The molecule has 0 amide bonds. The van der Waals surface area contributed by atoms with E-state index in [4.69, 9.17) is 5.26 Å². The lowest BCUT2D eigenvalue weighted by molar-refractivity contribution is -0.113. The Morgan fingerprint density at radius 3 is 3.00 bits per heavy atom. The van der Waals surface area contributed by atoms with E-state index in [2.05, 4.69) is 4.98 Å². The first-order valence-corrected chi connectivity index (χ1v) is 4.14. The molecule has 0 spiro atoms. The quantitative estimate of drug-likeness (QED) is 0.511. The molecule has 1 rings (SSSR count). The number of Topliss-reactive ketones (excluding diaryl/α,β-unsaturated/α-hetero) is 1. The zero-order valence-electron chi connectivity index (χ0n) is 6.44. The predicted octanol–water partition coefficient (Wildman–Crippen LogP) is 1.64. The first-order valence-electron chi connectivity index (χ1n) is 3.26. The fourth-order valence-corrected chi connectivity index (χ4v) is 1.21. The fourth-order valence-electron chi connectivity index (χ4n) is 0.642. The standard InChI is InChI=1S/C8H6N2OS/c1-6(11)7(5-9)4-8-10-2-3-12-8/h2-4H,1H3/b7-4+. The lowest BCUT2D eigenvalue weighted by atomic mass is 10.2. The molecule has 4 heteroatoms. The Labute approximate surface area is 74.0 Å². The lowest BCUT2D eigenvalue weighted by Gasteiger charge is -1.86. The number of hydrogen-bond donors (Lipinski definition) is 0. The fraction of sp³-hybridized carbons (Fsp3) is 0.125. The number of hydrogen-bond acceptors (Lipinski definition) is 4. The Hall–Kier alpha value is -1.47. The van der Waals surface area contributed by atoms with Crippen LogP contribution in [-0.2, 0) is 4.79 Å². The summed E-state index contributed by atoms with van der Waals surface area (Å²) in [5, 5.41) is 11.0. The van der Waals surface area contributed by atoms with E-state index >= 15 is 0 Å². The molecular formula is C8H6N2OS. The predicted molar refractivity (Wildman–Crippen MR) is 46.4 cm³/mol. The highest BCUT2D eigenvalue weighted by Gasteiger charge is 2.02. The molecule has 1 aromatic heterocycles. The summed E-state index contributed by atoms with van der Waals surface area (Å²) in [5.41, 5.74) is 0.143. The number of aromatic nitrogens is 1. The van der Waals surface area contributed by atoms with Crippen LogP contribution in [0.1, 0.15) is 11.9 Å². The van der Waals surface area contributed by atoms with Gasteiger partial charge in [0.15, 0.2) is 5.78 Å². The summed E-state index contributed by atoms with van der Waals surface area (Å²) >= 11 is 1.39. The van der Waals surface area contributed by atoms with Crippen LogP contribution in [0.25, 0.3) is 6.08 Å². The van der Waals surface area contributed by atoms with Gasteiger partial charge in [0.25, 0.3) is 0 Å². The summed E-state index contributed by atoms with van der Waals surface area (Å²) in [7, 11) is 0. The van der Waals surface area contributed by atoms with Crippen molar-refractivity contribution in [2.24, 2.45) is 0 Å². The Kier molecular flexibility index (Phi) is 2.72. The molecule has 0 bridgehead atoms. The number of nitrogens with zero attached hydrogens (tertiary/aromatic N) is 2. The summed E-state index contributed by atoms with van der Waals surface area (Å²) in [6.07, 6.45) is 3.12. The highest BCUT2D eigenvalue weighted by Crippen LogP contribution is 2.09. The van der Waals surface area contributed by atoms with Crippen LogP contribution < -0.4 is 0 Å². The summed E-state index contributed by atoms with van der Waals surface area (Å²) in [6, 6.07) is 1.82. The van der Waals surface area contributed by atoms with Crippen molar-refractivity contribution >= 4 is 23.2 Å². The lowest BCUT2D eigenvalue weighted by Crippen LogP contribution is -1.92. The van der Waals surface area contributed by atoms with Crippen molar-refractivity contribution < 1.29 is 4.79 Å². The van der Waals surface area contributed by atoms with Crippen molar-refractivity contribution in [2.75, 3.05) is 0 Å². The van der Waals surface area contributed by atoms with E-state index in [1.807, 2.05) is 6.07 Å². The van der Waals surface area contributed by atoms with Crippen LogP contribution in [0.5, 0.6) is 0 Å². The van der Waals surface area contributed by atoms with Crippen LogP contribution in [0.3, 0.4) is 0 Å². The monoisotopic (exact) mass is 178 g/mol. The summed E-state index contributed by atoms with van der Waals surface area (Å²) in [5.74, 6) is -0.229. The molecule has 0 saturated carbocycles. The number of ketones is 1. The molecule has 1 heterocycles. The van der Waals surface area contributed by atoms with Crippen LogP contribution in [0, 0.1) is 11.3 Å². The zero-order valence-corrected chi connectivity index (χ0v) is 7.26. The molecule has 0 atom stereocenters. The Bertz CT molecular complexity index is 346. The van der Waals surface area contributed by atoms with Gasteiger partial charge < -0.3 is 0 Å². The van der Waals surface area contributed by atoms with Gasteiger partial charge in [-0.2, -0.15) is 5.26 Å². The summed E-state index contributed by atoms with van der Waals surface area (Å²) < 4.78 is 0. The molecule has 0 aromatic carbocycles. The number of rotatable bonds is 2. The largest absolute Gasteiger partial charge is 0.294 e. The van der Waals surface area contributed by atoms with Crippen LogP contribution in [0.2, 0.25) is 0 Å². The first kappa shape index (κ1) is 8.62.